The van der Waals surface area contributed by atoms with Gasteiger partial charge in [0.1, 0.15) is 0 Å². The summed E-state index contributed by atoms with van der Waals surface area (Å²) in [6.45, 7) is 2.06. The second-order valence-corrected chi connectivity index (χ2v) is 1.54. The number of aromatic nitrogens is 2. The molecule has 0 spiro atoms. The van der Waals surface area contributed by atoms with Gasteiger partial charge in [-0.25, -0.2) is 0 Å². The van der Waals surface area contributed by atoms with Crippen molar-refractivity contribution in [3.05, 3.63) is 12.2 Å². The number of hydrogen-bond acceptors (Lipinski definition) is 3. The molecule has 0 saturated carbocycles. The molecule has 0 aliphatic rings. The van der Waals surface area contributed by atoms with Gasteiger partial charge in [0.2, 0.25) is 12.2 Å². The van der Waals surface area contributed by atoms with Gasteiger partial charge in [-0.15, -0.1) is 0 Å². The Morgan fingerprint density at radius 2 is 2.62 bits per heavy atom. The fraction of sp³-hybridized carbons (Fsp3) is 0.600. The van der Waals surface area contributed by atoms with Crippen LogP contribution in [0.5, 0.6) is 0 Å². The van der Waals surface area contributed by atoms with Crippen molar-refractivity contribution in [1.29, 1.82) is 0 Å². The van der Waals surface area contributed by atoms with E-state index in [0.717, 1.165) is 12.8 Å². The summed E-state index contributed by atoms with van der Waals surface area (Å²) in [7, 11) is 0. The molecule has 1 heterocycles. The third-order valence-electron chi connectivity index (χ3n) is 0.830. The first-order valence-corrected chi connectivity index (χ1v) is 2.62. The molecule has 0 atom stereocenters. The normalized spacial score (nSPS) is 9.62. The quantitative estimate of drug-likeness (QED) is 0.567. The highest BCUT2D eigenvalue weighted by Gasteiger charge is 1.93. The molecular weight excluding hydrogens is 104 g/mol. The van der Waals surface area contributed by atoms with Gasteiger partial charge < -0.3 is 4.52 Å². The third kappa shape index (κ3) is 1.05. The first-order chi connectivity index (χ1) is 3.93. The topological polar surface area (TPSA) is 38.9 Å². The highest BCUT2D eigenvalue weighted by molar-refractivity contribution is 4.71. The molecule has 0 fully saturated rings. The van der Waals surface area contributed by atoms with Crippen molar-refractivity contribution in [2.24, 2.45) is 0 Å². The van der Waals surface area contributed by atoms with Crippen LogP contribution in [0.25, 0.3) is 0 Å². The van der Waals surface area contributed by atoms with E-state index in [1.54, 1.807) is 0 Å². The first kappa shape index (κ1) is 5.28. The maximum Gasteiger partial charge on any atom is 0.243 e. The molecule has 0 aromatic carbocycles. The lowest BCUT2D eigenvalue weighted by Crippen LogP contribution is -1.79. The smallest absolute Gasteiger partial charge is 0.243 e. The Balaban J connectivity index is 2.50. The Hall–Kier alpha value is -0.860. The molecule has 0 aliphatic carbocycles. The fourth-order valence-corrected chi connectivity index (χ4v) is 0.485. The van der Waals surface area contributed by atoms with E-state index in [2.05, 4.69) is 27.9 Å². The second-order valence-electron chi connectivity index (χ2n) is 1.54. The fourth-order valence-electron chi connectivity index (χ4n) is 0.485. The van der Waals surface area contributed by atoms with Crippen LogP contribution in [-0.4, -0.2) is 10.1 Å². The van der Waals surface area contributed by atoms with Crippen LogP contribution in [0, 0.1) is 6.33 Å². The van der Waals surface area contributed by atoms with E-state index in [1.807, 2.05) is 0 Å². The van der Waals surface area contributed by atoms with Gasteiger partial charge in [-0.2, -0.15) is 4.98 Å². The van der Waals surface area contributed by atoms with E-state index in [4.69, 9.17) is 0 Å². The molecule has 1 rings (SSSR count). The number of rotatable bonds is 2. The van der Waals surface area contributed by atoms with Gasteiger partial charge in [-0.1, -0.05) is 12.1 Å². The van der Waals surface area contributed by atoms with E-state index in [0.29, 0.717) is 5.89 Å². The summed E-state index contributed by atoms with van der Waals surface area (Å²) in [5.41, 5.74) is 0. The molecule has 43 valence electrons. The number of nitrogens with zero attached hydrogens (tertiary/aromatic N) is 2. The first-order valence-electron chi connectivity index (χ1n) is 2.62. The Bertz CT molecular complexity index is 136. The SMILES string of the molecule is CCCc1n[c]no1. The maximum absolute atomic E-state index is 4.66. The molecule has 1 radical (unpaired) electrons. The van der Waals surface area contributed by atoms with Crippen LogP contribution in [0.15, 0.2) is 4.52 Å². The van der Waals surface area contributed by atoms with E-state index in [9.17, 15) is 0 Å². The minimum absolute atomic E-state index is 0.674. The molecule has 0 unspecified atom stereocenters. The Morgan fingerprint density at radius 1 is 1.75 bits per heavy atom. The second kappa shape index (κ2) is 2.45. The van der Waals surface area contributed by atoms with Gasteiger partial charge >= 0.3 is 0 Å². The monoisotopic (exact) mass is 111 g/mol. The number of aryl methyl sites for hydroxylation is 1. The van der Waals surface area contributed by atoms with Gasteiger partial charge in [0.05, 0.1) is 0 Å². The standard InChI is InChI=1S/C5H7N2O/c1-2-3-5-6-4-7-8-5/h2-3H2,1H3. The molecule has 8 heavy (non-hydrogen) atoms. The van der Waals surface area contributed by atoms with E-state index < -0.39 is 0 Å². The highest BCUT2D eigenvalue weighted by Crippen LogP contribution is 1.93. The predicted octanol–water partition coefficient (Wildman–Crippen LogP) is 0.822. The van der Waals surface area contributed by atoms with Gasteiger partial charge in [0.15, 0.2) is 0 Å². The van der Waals surface area contributed by atoms with E-state index in [1.165, 1.54) is 0 Å². The van der Waals surface area contributed by atoms with Crippen LogP contribution in [0.2, 0.25) is 0 Å². The molecule has 0 saturated heterocycles. The molecule has 3 heteroatoms. The van der Waals surface area contributed by atoms with Gasteiger partial charge in [-0.05, 0) is 6.42 Å². The molecule has 3 nitrogen and oxygen atoms in total. The van der Waals surface area contributed by atoms with Crippen molar-refractivity contribution in [3.8, 4) is 0 Å². The van der Waals surface area contributed by atoms with E-state index in [-0.39, 0.29) is 0 Å². The largest absolute Gasteiger partial charge is 0.339 e. The summed E-state index contributed by atoms with van der Waals surface area (Å²) in [6.07, 6.45) is 4.24. The molecule has 0 bridgehead atoms. The summed E-state index contributed by atoms with van der Waals surface area (Å²) in [5, 5.41) is 3.33. The third-order valence-corrected chi connectivity index (χ3v) is 0.830. The zero-order valence-electron chi connectivity index (χ0n) is 4.72. The Kier molecular flexibility index (Phi) is 1.62. The lowest BCUT2D eigenvalue weighted by Gasteiger charge is -1.81. The van der Waals surface area contributed by atoms with Crippen molar-refractivity contribution in [2.75, 3.05) is 0 Å². The highest BCUT2D eigenvalue weighted by atomic mass is 16.5. The van der Waals surface area contributed by atoms with Crippen molar-refractivity contribution < 1.29 is 4.52 Å². The lowest BCUT2D eigenvalue weighted by molar-refractivity contribution is 0.375. The zero-order valence-corrected chi connectivity index (χ0v) is 4.72. The summed E-state index contributed by atoms with van der Waals surface area (Å²) in [4.78, 5) is 3.70. The van der Waals surface area contributed by atoms with Crippen molar-refractivity contribution in [1.82, 2.24) is 10.1 Å². The van der Waals surface area contributed by atoms with Crippen molar-refractivity contribution in [3.63, 3.8) is 0 Å². The van der Waals surface area contributed by atoms with Gasteiger partial charge in [-0.3, -0.25) is 0 Å². The zero-order chi connectivity index (χ0) is 5.82. The average molecular weight is 111 g/mol. The predicted molar refractivity (Wildman–Crippen MR) is 27.1 cm³/mol. The minimum Gasteiger partial charge on any atom is -0.339 e. The van der Waals surface area contributed by atoms with Crippen molar-refractivity contribution in [2.45, 2.75) is 19.8 Å². The number of hydrogen-bond donors (Lipinski definition) is 0. The Labute approximate surface area is 47.7 Å². The molecule has 0 aliphatic heterocycles. The van der Waals surface area contributed by atoms with Crippen molar-refractivity contribution >= 4 is 0 Å². The molecule has 0 amide bonds. The minimum atomic E-state index is 0.674. The van der Waals surface area contributed by atoms with Gasteiger partial charge in [0, 0.05) is 6.42 Å². The van der Waals surface area contributed by atoms with Crippen LogP contribution in [0.1, 0.15) is 19.2 Å². The molecular formula is C5H7N2O. The van der Waals surface area contributed by atoms with Crippen LogP contribution in [0.3, 0.4) is 0 Å². The average Bonchev–Trinajstić information content (AvgIpc) is 2.19. The summed E-state index contributed by atoms with van der Waals surface area (Å²) < 4.78 is 4.66. The molecule has 1 aromatic heterocycles. The van der Waals surface area contributed by atoms with Crippen LogP contribution >= 0.6 is 0 Å². The van der Waals surface area contributed by atoms with E-state index >= 15 is 0 Å². The Morgan fingerprint density at radius 3 is 3.12 bits per heavy atom. The van der Waals surface area contributed by atoms with Crippen LogP contribution < -0.4 is 0 Å². The summed E-state index contributed by atoms with van der Waals surface area (Å²) >= 11 is 0. The summed E-state index contributed by atoms with van der Waals surface area (Å²) in [6, 6.07) is 0. The molecule has 1 aromatic rings. The maximum atomic E-state index is 4.66. The lowest BCUT2D eigenvalue weighted by atomic mass is 10.3. The summed E-state index contributed by atoms with van der Waals surface area (Å²) in [5.74, 6) is 0.674. The van der Waals surface area contributed by atoms with Crippen LogP contribution in [-0.2, 0) is 6.42 Å². The van der Waals surface area contributed by atoms with Crippen LogP contribution in [0.4, 0.5) is 0 Å². The van der Waals surface area contributed by atoms with Gasteiger partial charge in [0.25, 0.3) is 0 Å². The molecule has 0 N–H and O–H groups in total.